The molecule has 0 heterocycles. The molecule has 1 aromatic carbocycles. The molecule has 0 saturated heterocycles. The predicted molar refractivity (Wildman–Crippen MR) is 74.7 cm³/mol. The van der Waals surface area contributed by atoms with E-state index in [4.69, 9.17) is 5.26 Å². The summed E-state index contributed by atoms with van der Waals surface area (Å²) in [5.41, 5.74) is 2.08. The number of anilines is 1. The second kappa shape index (κ2) is 4.99. The molecule has 3 nitrogen and oxygen atoms in total. The molecule has 1 aliphatic rings. The first-order valence-electron chi connectivity index (χ1n) is 6.47. The van der Waals surface area contributed by atoms with Gasteiger partial charge in [0.1, 0.15) is 6.07 Å². The van der Waals surface area contributed by atoms with E-state index in [1.165, 1.54) is 19.3 Å². The highest BCUT2D eigenvalue weighted by atomic mass is 15.2. The fraction of sp³-hybridized carbons (Fsp3) is 0.533. The number of nitrogens with zero attached hydrogens (tertiary/aromatic N) is 3. The van der Waals surface area contributed by atoms with Crippen molar-refractivity contribution >= 4 is 5.69 Å². The Morgan fingerprint density at radius 3 is 2.39 bits per heavy atom. The Balaban J connectivity index is 2.17. The van der Waals surface area contributed by atoms with Gasteiger partial charge in [-0.1, -0.05) is 12.1 Å². The molecule has 1 aromatic rings. The van der Waals surface area contributed by atoms with Gasteiger partial charge in [-0.25, -0.2) is 0 Å². The minimum atomic E-state index is 0.289. The van der Waals surface area contributed by atoms with Crippen LogP contribution < -0.4 is 4.90 Å². The van der Waals surface area contributed by atoms with Gasteiger partial charge in [0.15, 0.2) is 0 Å². The van der Waals surface area contributed by atoms with E-state index in [0.717, 1.165) is 17.8 Å². The summed E-state index contributed by atoms with van der Waals surface area (Å²) in [4.78, 5) is 4.56. The van der Waals surface area contributed by atoms with Gasteiger partial charge in [-0.3, -0.25) is 0 Å². The van der Waals surface area contributed by atoms with Gasteiger partial charge >= 0.3 is 0 Å². The molecule has 1 saturated carbocycles. The molecule has 0 aliphatic heterocycles. The van der Waals surface area contributed by atoms with Crippen LogP contribution in [0.25, 0.3) is 0 Å². The van der Waals surface area contributed by atoms with Crippen LogP contribution in [0.2, 0.25) is 0 Å². The topological polar surface area (TPSA) is 30.3 Å². The molecule has 0 bridgehead atoms. The standard InChI is InChI=1S/C15H21N3/c1-17(2)15(9-6-10-15)12-18(3)14-8-5-4-7-13(14)11-16/h4-5,7-8H,6,9-10,12H2,1-3H3. The maximum Gasteiger partial charge on any atom is 0.101 e. The molecule has 18 heavy (non-hydrogen) atoms. The summed E-state index contributed by atoms with van der Waals surface area (Å²) in [6, 6.07) is 10.1. The normalized spacial score (nSPS) is 17.1. The van der Waals surface area contributed by atoms with Crippen molar-refractivity contribution in [3.8, 4) is 6.07 Å². The van der Waals surface area contributed by atoms with Crippen LogP contribution >= 0.6 is 0 Å². The largest absolute Gasteiger partial charge is 0.372 e. The van der Waals surface area contributed by atoms with Crippen LogP contribution in [-0.4, -0.2) is 38.1 Å². The highest BCUT2D eigenvalue weighted by Gasteiger charge is 2.40. The van der Waals surface area contributed by atoms with Gasteiger partial charge in [-0.15, -0.1) is 0 Å². The SMILES string of the molecule is CN(CC1(N(C)C)CCC1)c1ccccc1C#N. The van der Waals surface area contributed by atoms with Crippen molar-refractivity contribution in [1.29, 1.82) is 5.26 Å². The van der Waals surface area contributed by atoms with E-state index >= 15 is 0 Å². The third-order valence-electron chi connectivity index (χ3n) is 4.20. The number of hydrogen-bond donors (Lipinski definition) is 0. The van der Waals surface area contributed by atoms with E-state index in [1.807, 2.05) is 24.3 Å². The molecule has 0 spiro atoms. The average Bonchev–Trinajstić information content (AvgIpc) is 2.33. The van der Waals surface area contributed by atoms with Gasteiger partial charge in [0.25, 0.3) is 0 Å². The first-order valence-corrected chi connectivity index (χ1v) is 6.47. The van der Waals surface area contributed by atoms with Crippen LogP contribution in [0, 0.1) is 11.3 Å². The molecule has 0 unspecified atom stereocenters. The Morgan fingerprint density at radius 1 is 1.22 bits per heavy atom. The van der Waals surface area contributed by atoms with Crippen molar-refractivity contribution in [2.24, 2.45) is 0 Å². The fourth-order valence-electron chi connectivity index (χ4n) is 2.76. The van der Waals surface area contributed by atoms with Crippen LogP contribution in [0.15, 0.2) is 24.3 Å². The molecule has 0 N–H and O–H groups in total. The summed E-state index contributed by atoms with van der Waals surface area (Å²) in [6.07, 6.45) is 3.81. The first-order chi connectivity index (χ1) is 8.59. The van der Waals surface area contributed by atoms with E-state index in [1.54, 1.807) is 0 Å². The summed E-state index contributed by atoms with van der Waals surface area (Å²) in [6.45, 7) is 0.985. The zero-order valence-corrected chi connectivity index (χ0v) is 11.5. The van der Waals surface area contributed by atoms with Gasteiger partial charge in [0.2, 0.25) is 0 Å². The minimum absolute atomic E-state index is 0.289. The lowest BCUT2D eigenvalue weighted by atomic mass is 9.75. The van der Waals surface area contributed by atoms with E-state index in [0.29, 0.717) is 0 Å². The van der Waals surface area contributed by atoms with Gasteiger partial charge in [-0.05, 0) is 45.5 Å². The first kappa shape index (κ1) is 12.9. The van der Waals surface area contributed by atoms with E-state index < -0.39 is 0 Å². The third-order valence-corrected chi connectivity index (χ3v) is 4.20. The zero-order chi connectivity index (χ0) is 13.2. The quantitative estimate of drug-likeness (QED) is 0.814. The Kier molecular flexibility index (Phi) is 3.58. The molecule has 3 heteroatoms. The van der Waals surface area contributed by atoms with Gasteiger partial charge in [0, 0.05) is 19.1 Å². The monoisotopic (exact) mass is 243 g/mol. The average molecular weight is 243 g/mol. The van der Waals surface area contributed by atoms with Crippen LogP contribution in [0.4, 0.5) is 5.69 Å². The van der Waals surface area contributed by atoms with Crippen molar-refractivity contribution in [3.05, 3.63) is 29.8 Å². The summed E-state index contributed by atoms with van der Waals surface area (Å²) in [5.74, 6) is 0. The highest BCUT2D eigenvalue weighted by molar-refractivity contribution is 5.59. The summed E-state index contributed by atoms with van der Waals surface area (Å²) < 4.78 is 0. The zero-order valence-electron chi connectivity index (χ0n) is 11.5. The number of rotatable bonds is 4. The van der Waals surface area contributed by atoms with Crippen molar-refractivity contribution in [2.75, 3.05) is 32.6 Å². The van der Waals surface area contributed by atoms with E-state index in [9.17, 15) is 0 Å². The Hall–Kier alpha value is -1.53. The van der Waals surface area contributed by atoms with Gasteiger partial charge in [0.05, 0.1) is 11.3 Å². The molecular weight excluding hydrogens is 222 g/mol. The third kappa shape index (κ3) is 2.21. The number of para-hydroxylation sites is 1. The summed E-state index contributed by atoms with van der Waals surface area (Å²) >= 11 is 0. The van der Waals surface area contributed by atoms with Crippen LogP contribution in [0.1, 0.15) is 24.8 Å². The molecule has 0 atom stereocenters. The minimum Gasteiger partial charge on any atom is -0.372 e. The fourth-order valence-corrected chi connectivity index (χ4v) is 2.76. The van der Waals surface area contributed by atoms with Crippen molar-refractivity contribution in [3.63, 3.8) is 0 Å². The molecule has 1 aliphatic carbocycles. The van der Waals surface area contributed by atoms with Gasteiger partial charge < -0.3 is 9.80 Å². The number of likely N-dealkylation sites (N-methyl/N-ethyl adjacent to an activating group) is 2. The Bertz CT molecular complexity index is 455. The molecule has 0 aromatic heterocycles. The molecule has 0 amide bonds. The van der Waals surface area contributed by atoms with Gasteiger partial charge in [-0.2, -0.15) is 5.26 Å². The maximum absolute atomic E-state index is 9.16. The van der Waals surface area contributed by atoms with Crippen molar-refractivity contribution in [1.82, 2.24) is 4.90 Å². The second-order valence-corrected chi connectivity index (χ2v) is 5.46. The number of benzene rings is 1. The summed E-state index contributed by atoms with van der Waals surface area (Å²) in [5, 5.41) is 9.16. The lowest BCUT2D eigenvalue weighted by Crippen LogP contribution is -2.56. The molecular formula is C15H21N3. The number of hydrogen-bond acceptors (Lipinski definition) is 3. The Morgan fingerprint density at radius 2 is 1.89 bits per heavy atom. The van der Waals surface area contributed by atoms with E-state index in [2.05, 4.69) is 37.0 Å². The lowest BCUT2D eigenvalue weighted by molar-refractivity contribution is 0.0683. The van der Waals surface area contributed by atoms with Crippen molar-refractivity contribution < 1.29 is 0 Å². The Labute approximate surface area is 110 Å². The maximum atomic E-state index is 9.16. The smallest absolute Gasteiger partial charge is 0.101 e. The van der Waals surface area contributed by atoms with Crippen LogP contribution in [0.3, 0.4) is 0 Å². The second-order valence-electron chi connectivity index (χ2n) is 5.46. The molecule has 0 radical (unpaired) electrons. The highest BCUT2D eigenvalue weighted by Crippen LogP contribution is 2.37. The molecule has 2 rings (SSSR count). The van der Waals surface area contributed by atoms with Crippen LogP contribution in [0.5, 0.6) is 0 Å². The van der Waals surface area contributed by atoms with Crippen LogP contribution in [-0.2, 0) is 0 Å². The molecule has 1 fully saturated rings. The van der Waals surface area contributed by atoms with E-state index in [-0.39, 0.29) is 5.54 Å². The molecule has 96 valence electrons. The van der Waals surface area contributed by atoms with Crippen molar-refractivity contribution in [2.45, 2.75) is 24.8 Å². The predicted octanol–water partition coefficient (Wildman–Crippen LogP) is 2.48. The number of nitriles is 1. The summed E-state index contributed by atoms with van der Waals surface area (Å²) in [7, 11) is 6.39. The lowest BCUT2D eigenvalue weighted by Gasteiger charge is -2.49.